The predicted molar refractivity (Wildman–Crippen MR) is 98.2 cm³/mol. The summed E-state index contributed by atoms with van der Waals surface area (Å²) in [4.78, 5) is 15.0. The summed E-state index contributed by atoms with van der Waals surface area (Å²) in [6.07, 6.45) is 3.73. The van der Waals surface area contributed by atoms with Crippen molar-refractivity contribution in [1.82, 2.24) is 20.0 Å². The summed E-state index contributed by atoms with van der Waals surface area (Å²) in [6, 6.07) is 10.4. The van der Waals surface area contributed by atoms with Gasteiger partial charge >= 0.3 is 0 Å². The fourth-order valence-corrected chi connectivity index (χ4v) is 4.15. The molecule has 1 aromatic heterocycles. The van der Waals surface area contributed by atoms with E-state index in [0.717, 1.165) is 63.1 Å². The second-order valence-electron chi connectivity index (χ2n) is 7.11. The second-order valence-corrected chi connectivity index (χ2v) is 7.11. The van der Waals surface area contributed by atoms with Crippen LogP contribution in [0.3, 0.4) is 0 Å². The number of amides is 1. The molecule has 1 aromatic carbocycles. The van der Waals surface area contributed by atoms with Crippen LogP contribution in [-0.2, 0) is 24.7 Å². The molecule has 0 saturated carbocycles. The molecule has 132 valence electrons. The number of aromatic nitrogens is 2. The van der Waals surface area contributed by atoms with E-state index < -0.39 is 0 Å². The van der Waals surface area contributed by atoms with Crippen LogP contribution in [-0.4, -0.2) is 46.8 Å². The highest BCUT2D eigenvalue weighted by molar-refractivity contribution is 5.79. The van der Waals surface area contributed by atoms with Crippen molar-refractivity contribution < 1.29 is 4.79 Å². The molecule has 1 saturated heterocycles. The monoisotopic (exact) mass is 338 g/mol. The van der Waals surface area contributed by atoms with Gasteiger partial charge in [-0.3, -0.25) is 9.48 Å². The van der Waals surface area contributed by atoms with Gasteiger partial charge in [-0.05, 0) is 32.4 Å². The smallest absolute Gasteiger partial charge is 0.225 e. The lowest BCUT2D eigenvalue weighted by Crippen LogP contribution is -2.42. The van der Waals surface area contributed by atoms with Crippen molar-refractivity contribution >= 4 is 5.91 Å². The van der Waals surface area contributed by atoms with Crippen molar-refractivity contribution in [3.05, 3.63) is 41.6 Å². The van der Waals surface area contributed by atoms with Crippen LogP contribution in [0.4, 0.5) is 0 Å². The molecule has 1 fully saturated rings. The fourth-order valence-electron chi connectivity index (χ4n) is 4.15. The summed E-state index contributed by atoms with van der Waals surface area (Å²) in [7, 11) is 2.02. The lowest BCUT2D eigenvalue weighted by molar-refractivity contribution is -0.136. The molecule has 0 aliphatic carbocycles. The van der Waals surface area contributed by atoms with Crippen LogP contribution in [0.5, 0.6) is 0 Å². The van der Waals surface area contributed by atoms with E-state index in [2.05, 4.69) is 34.5 Å². The molecule has 2 aromatic rings. The molecule has 3 heterocycles. The molecule has 25 heavy (non-hydrogen) atoms. The summed E-state index contributed by atoms with van der Waals surface area (Å²) in [5.41, 5.74) is 4.83. The van der Waals surface area contributed by atoms with Crippen LogP contribution < -0.4 is 5.32 Å². The van der Waals surface area contributed by atoms with Gasteiger partial charge in [-0.15, -0.1) is 0 Å². The highest BCUT2D eigenvalue weighted by Crippen LogP contribution is 2.28. The SMILES string of the molecule is Cn1nc(-c2ccccc2)c2c1CCN(C(=O)C1CCNCC1)CC2. The van der Waals surface area contributed by atoms with E-state index in [1.807, 2.05) is 17.8 Å². The van der Waals surface area contributed by atoms with Gasteiger partial charge in [0.25, 0.3) is 0 Å². The Morgan fingerprint density at radius 1 is 1.12 bits per heavy atom. The number of aryl methyl sites for hydroxylation is 1. The Balaban J connectivity index is 1.55. The molecule has 0 spiro atoms. The molecule has 0 atom stereocenters. The topological polar surface area (TPSA) is 50.2 Å². The third-order valence-electron chi connectivity index (χ3n) is 5.57. The van der Waals surface area contributed by atoms with Crippen molar-refractivity contribution in [3.8, 4) is 11.3 Å². The Kier molecular flexibility index (Phi) is 4.57. The minimum Gasteiger partial charge on any atom is -0.342 e. The van der Waals surface area contributed by atoms with Crippen LogP contribution >= 0.6 is 0 Å². The lowest BCUT2D eigenvalue weighted by atomic mass is 9.96. The minimum atomic E-state index is 0.203. The molecule has 2 aliphatic rings. The number of nitrogens with one attached hydrogen (secondary N) is 1. The number of hydrogen-bond donors (Lipinski definition) is 1. The van der Waals surface area contributed by atoms with E-state index in [4.69, 9.17) is 5.10 Å². The molecule has 0 radical (unpaired) electrons. The maximum atomic E-state index is 12.9. The Bertz CT molecular complexity index is 747. The molecule has 1 N–H and O–H groups in total. The zero-order valence-electron chi connectivity index (χ0n) is 14.9. The normalized spacial score (nSPS) is 18.7. The van der Waals surface area contributed by atoms with Crippen molar-refractivity contribution in [2.75, 3.05) is 26.2 Å². The Morgan fingerprint density at radius 3 is 2.60 bits per heavy atom. The number of piperidine rings is 1. The predicted octanol–water partition coefficient (Wildman–Crippen LogP) is 2.01. The summed E-state index contributed by atoms with van der Waals surface area (Å²) in [6.45, 7) is 3.55. The third-order valence-corrected chi connectivity index (χ3v) is 5.57. The van der Waals surface area contributed by atoms with Gasteiger partial charge in [-0.2, -0.15) is 5.10 Å². The van der Waals surface area contributed by atoms with E-state index in [1.54, 1.807) is 0 Å². The summed E-state index contributed by atoms with van der Waals surface area (Å²) < 4.78 is 2.01. The first-order valence-corrected chi connectivity index (χ1v) is 9.33. The van der Waals surface area contributed by atoms with Gasteiger partial charge < -0.3 is 10.2 Å². The third kappa shape index (κ3) is 3.21. The van der Waals surface area contributed by atoms with Gasteiger partial charge in [0, 0.05) is 49.3 Å². The fraction of sp³-hybridized carbons (Fsp3) is 0.500. The van der Waals surface area contributed by atoms with Crippen molar-refractivity contribution in [1.29, 1.82) is 0 Å². The molecule has 0 bridgehead atoms. The summed E-state index contributed by atoms with van der Waals surface area (Å²) in [5, 5.41) is 8.11. The van der Waals surface area contributed by atoms with E-state index in [1.165, 1.54) is 11.3 Å². The number of rotatable bonds is 2. The summed E-state index contributed by atoms with van der Waals surface area (Å²) >= 11 is 0. The lowest BCUT2D eigenvalue weighted by Gasteiger charge is -2.28. The van der Waals surface area contributed by atoms with Crippen LogP contribution in [0.2, 0.25) is 0 Å². The van der Waals surface area contributed by atoms with Crippen molar-refractivity contribution in [3.63, 3.8) is 0 Å². The van der Waals surface area contributed by atoms with Gasteiger partial charge in [0.2, 0.25) is 5.91 Å². The highest BCUT2D eigenvalue weighted by atomic mass is 16.2. The van der Waals surface area contributed by atoms with Crippen molar-refractivity contribution in [2.45, 2.75) is 25.7 Å². The molecule has 1 amide bonds. The van der Waals surface area contributed by atoms with E-state index in [9.17, 15) is 4.79 Å². The van der Waals surface area contributed by atoms with Crippen LogP contribution in [0, 0.1) is 5.92 Å². The average Bonchev–Trinajstić information content (AvgIpc) is 2.84. The molecule has 4 rings (SSSR count). The van der Waals surface area contributed by atoms with Gasteiger partial charge in [-0.25, -0.2) is 0 Å². The molecular formula is C20H26N4O. The van der Waals surface area contributed by atoms with Crippen LogP contribution in [0.25, 0.3) is 11.3 Å². The van der Waals surface area contributed by atoms with Gasteiger partial charge in [0.1, 0.15) is 0 Å². The van der Waals surface area contributed by atoms with E-state index >= 15 is 0 Å². The number of fused-ring (bicyclic) bond motifs is 1. The van der Waals surface area contributed by atoms with E-state index in [0.29, 0.717) is 5.91 Å². The quantitative estimate of drug-likeness (QED) is 0.911. The van der Waals surface area contributed by atoms with Crippen LogP contribution in [0.15, 0.2) is 30.3 Å². The second kappa shape index (κ2) is 7.00. The van der Waals surface area contributed by atoms with Crippen LogP contribution in [0.1, 0.15) is 24.1 Å². The average molecular weight is 338 g/mol. The molecule has 5 heteroatoms. The maximum absolute atomic E-state index is 12.9. The van der Waals surface area contributed by atoms with Gasteiger partial charge in [-0.1, -0.05) is 30.3 Å². The largest absolute Gasteiger partial charge is 0.342 e. The number of hydrogen-bond acceptors (Lipinski definition) is 3. The first kappa shape index (κ1) is 16.3. The maximum Gasteiger partial charge on any atom is 0.225 e. The molecule has 5 nitrogen and oxygen atoms in total. The highest BCUT2D eigenvalue weighted by Gasteiger charge is 2.29. The van der Waals surface area contributed by atoms with Crippen molar-refractivity contribution in [2.24, 2.45) is 13.0 Å². The Hall–Kier alpha value is -2.14. The standard InChI is InChI=1S/C20H26N4O/c1-23-18-10-14-24(20(25)16-7-11-21-12-8-16)13-9-17(18)19(22-23)15-5-3-2-4-6-15/h2-6,16,21H,7-14H2,1H3. The summed E-state index contributed by atoms with van der Waals surface area (Å²) in [5.74, 6) is 0.553. The van der Waals surface area contributed by atoms with Gasteiger partial charge in [0.15, 0.2) is 0 Å². The number of benzene rings is 1. The first-order valence-electron chi connectivity index (χ1n) is 9.33. The van der Waals surface area contributed by atoms with E-state index in [-0.39, 0.29) is 5.92 Å². The number of carbonyl (C=O) groups excluding carboxylic acids is 1. The Labute approximate surface area is 149 Å². The van der Waals surface area contributed by atoms with Gasteiger partial charge in [0.05, 0.1) is 5.69 Å². The Morgan fingerprint density at radius 2 is 1.84 bits per heavy atom. The molecule has 2 aliphatic heterocycles. The molecule has 0 unspecified atom stereocenters. The number of carbonyl (C=O) groups is 1. The molecular weight excluding hydrogens is 312 g/mol. The first-order chi connectivity index (χ1) is 12.2. The zero-order chi connectivity index (χ0) is 17.2. The zero-order valence-corrected chi connectivity index (χ0v) is 14.9. The number of nitrogens with zero attached hydrogens (tertiary/aromatic N) is 3. The minimum absolute atomic E-state index is 0.203.